The molecule has 0 bridgehead atoms. The van der Waals surface area contributed by atoms with Gasteiger partial charge in [-0.2, -0.15) is 0 Å². The molecular formula is C20H20ClN3O3. The molecular weight excluding hydrogens is 366 g/mol. The molecule has 0 aliphatic carbocycles. The van der Waals surface area contributed by atoms with E-state index in [0.29, 0.717) is 22.7 Å². The molecule has 4 amide bonds. The predicted octanol–water partition coefficient (Wildman–Crippen LogP) is 3.44. The Morgan fingerprint density at radius 1 is 1.19 bits per heavy atom. The third kappa shape index (κ3) is 3.53. The largest absolute Gasteiger partial charge is 0.325 e. The summed E-state index contributed by atoms with van der Waals surface area (Å²) in [7, 11) is 0. The monoisotopic (exact) mass is 385 g/mol. The minimum absolute atomic E-state index is 0.360. The summed E-state index contributed by atoms with van der Waals surface area (Å²) in [5.74, 6) is -0.881. The lowest BCUT2D eigenvalue weighted by molar-refractivity contribution is -0.134. The van der Waals surface area contributed by atoms with E-state index in [1.54, 1.807) is 30.3 Å². The number of imide groups is 1. The van der Waals surface area contributed by atoms with Crippen LogP contribution < -0.4 is 10.6 Å². The highest BCUT2D eigenvalue weighted by molar-refractivity contribution is 6.30. The van der Waals surface area contributed by atoms with Crippen LogP contribution >= 0.6 is 11.6 Å². The molecule has 0 unspecified atom stereocenters. The van der Waals surface area contributed by atoms with Crippen molar-refractivity contribution in [1.82, 2.24) is 10.2 Å². The lowest BCUT2D eigenvalue weighted by atomic mass is 9.87. The smallest absolute Gasteiger partial charge is 0.324 e. The quantitative estimate of drug-likeness (QED) is 0.774. The van der Waals surface area contributed by atoms with E-state index in [0.717, 1.165) is 10.5 Å². The van der Waals surface area contributed by atoms with Gasteiger partial charge in [-0.15, -0.1) is 0 Å². The minimum Gasteiger partial charge on any atom is -0.324 e. The van der Waals surface area contributed by atoms with Gasteiger partial charge in [0.25, 0.3) is 5.91 Å². The molecule has 0 saturated carbocycles. The molecule has 6 nitrogen and oxygen atoms in total. The first-order valence-electron chi connectivity index (χ1n) is 8.63. The second-order valence-electron chi connectivity index (χ2n) is 6.45. The van der Waals surface area contributed by atoms with Crippen molar-refractivity contribution in [2.24, 2.45) is 0 Å². The zero-order valence-corrected chi connectivity index (χ0v) is 15.8. The Bertz CT molecular complexity index is 901. The highest BCUT2D eigenvalue weighted by atomic mass is 35.5. The van der Waals surface area contributed by atoms with E-state index in [9.17, 15) is 14.4 Å². The van der Waals surface area contributed by atoms with E-state index in [4.69, 9.17) is 11.6 Å². The number of rotatable bonds is 5. The van der Waals surface area contributed by atoms with Crippen LogP contribution in [0.2, 0.25) is 5.02 Å². The molecule has 0 spiro atoms. The number of nitrogens with one attached hydrogen (secondary N) is 2. The lowest BCUT2D eigenvalue weighted by Gasteiger charge is -2.25. The maximum Gasteiger partial charge on any atom is 0.325 e. The van der Waals surface area contributed by atoms with Gasteiger partial charge in [0.05, 0.1) is 0 Å². The van der Waals surface area contributed by atoms with E-state index in [2.05, 4.69) is 10.6 Å². The van der Waals surface area contributed by atoms with E-state index in [1.165, 1.54) is 0 Å². The number of anilines is 1. The molecule has 3 rings (SSSR count). The number of urea groups is 1. The molecule has 0 radical (unpaired) electrons. The second-order valence-corrected chi connectivity index (χ2v) is 6.89. The van der Waals surface area contributed by atoms with Gasteiger partial charge in [-0.05, 0) is 42.7 Å². The highest BCUT2D eigenvalue weighted by Gasteiger charge is 2.51. The zero-order chi connectivity index (χ0) is 19.6. The van der Waals surface area contributed by atoms with Gasteiger partial charge in [0.15, 0.2) is 0 Å². The van der Waals surface area contributed by atoms with Crippen molar-refractivity contribution >= 4 is 35.1 Å². The number of halogens is 1. The van der Waals surface area contributed by atoms with E-state index >= 15 is 0 Å². The summed E-state index contributed by atoms with van der Waals surface area (Å²) in [4.78, 5) is 38.8. The van der Waals surface area contributed by atoms with Crippen molar-refractivity contribution in [2.45, 2.75) is 25.8 Å². The first kappa shape index (κ1) is 18.9. The minimum atomic E-state index is -1.14. The summed E-state index contributed by atoms with van der Waals surface area (Å²) in [6, 6.07) is 13.5. The first-order valence-corrected chi connectivity index (χ1v) is 9.01. The predicted molar refractivity (Wildman–Crippen MR) is 103 cm³/mol. The van der Waals surface area contributed by atoms with Crippen molar-refractivity contribution < 1.29 is 14.4 Å². The molecule has 7 heteroatoms. The van der Waals surface area contributed by atoms with Crippen LogP contribution in [0.4, 0.5) is 10.5 Å². The van der Waals surface area contributed by atoms with E-state index < -0.39 is 23.4 Å². The average Bonchev–Trinajstić information content (AvgIpc) is 2.90. The van der Waals surface area contributed by atoms with Crippen LogP contribution in [0.1, 0.15) is 24.5 Å². The van der Waals surface area contributed by atoms with Crippen LogP contribution in [0.3, 0.4) is 0 Å². The van der Waals surface area contributed by atoms with Gasteiger partial charge in [0.2, 0.25) is 5.91 Å². The maximum absolute atomic E-state index is 13.0. The van der Waals surface area contributed by atoms with Crippen molar-refractivity contribution in [2.75, 3.05) is 11.9 Å². The van der Waals surface area contributed by atoms with Gasteiger partial charge >= 0.3 is 6.03 Å². The molecule has 1 heterocycles. The van der Waals surface area contributed by atoms with Gasteiger partial charge in [-0.3, -0.25) is 14.5 Å². The fourth-order valence-corrected chi connectivity index (χ4v) is 3.46. The summed E-state index contributed by atoms with van der Waals surface area (Å²) in [5, 5.41) is 6.05. The number of nitrogens with zero attached hydrogens (tertiary/aromatic N) is 1. The van der Waals surface area contributed by atoms with Crippen molar-refractivity contribution in [3.63, 3.8) is 0 Å². The lowest BCUT2D eigenvalue weighted by Crippen LogP contribution is -2.44. The Hall–Kier alpha value is -2.86. The molecule has 1 aliphatic heterocycles. The summed E-state index contributed by atoms with van der Waals surface area (Å²) in [6.07, 6.45) is 0.385. The van der Waals surface area contributed by atoms with Gasteiger partial charge in [-0.25, -0.2) is 4.79 Å². The van der Waals surface area contributed by atoms with Crippen LogP contribution in [0, 0.1) is 6.92 Å². The summed E-state index contributed by atoms with van der Waals surface area (Å²) < 4.78 is 0. The van der Waals surface area contributed by atoms with Crippen LogP contribution in [0.5, 0.6) is 0 Å². The molecule has 1 fully saturated rings. The van der Waals surface area contributed by atoms with Crippen LogP contribution in [-0.2, 0) is 15.1 Å². The fraction of sp³-hybridized carbons (Fsp3) is 0.250. The Balaban J connectivity index is 1.78. The molecule has 2 aromatic carbocycles. The van der Waals surface area contributed by atoms with Gasteiger partial charge in [-0.1, -0.05) is 48.9 Å². The summed E-state index contributed by atoms with van der Waals surface area (Å²) in [5.41, 5.74) is 0.929. The molecule has 2 aromatic rings. The topological polar surface area (TPSA) is 78.5 Å². The normalized spacial score (nSPS) is 19.1. The Morgan fingerprint density at radius 3 is 2.52 bits per heavy atom. The van der Waals surface area contributed by atoms with Crippen LogP contribution in [-0.4, -0.2) is 29.3 Å². The first-order chi connectivity index (χ1) is 12.9. The third-order valence-corrected chi connectivity index (χ3v) is 4.97. The number of hydrogen-bond acceptors (Lipinski definition) is 3. The maximum atomic E-state index is 13.0. The van der Waals surface area contributed by atoms with Crippen LogP contribution in [0.15, 0.2) is 48.5 Å². The zero-order valence-electron chi connectivity index (χ0n) is 15.1. The molecule has 1 saturated heterocycles. The number of hydrogen-bond donors (Lipinski definition) is 2. The van der Waals surface area contributed by atoms with Crippen molar-refractivity contribution in [3.05, 3.63) is 64.7 Å². The van der Waals surface area contributed by atoms with Gasteiger partial charge < -0.3 is 10.6 Å². The molecule has 2 N–H and O–H groups in total. The SMILES string of the molecule is CC[C@]1(c2ccccc2)NC(=O)N(CC(=O)Nc2ccc(Cl)cc2C)C1=O. The summed E-state index contributed by atoms with van der Waals surface area (Å²) >= 11 is 5.92. The van der Waals surface area contributed by atoms with Gasteiger partial charge in [0, 0.05) is 10.7 Å². The Kier molecular flexibility index (Phi) is 5.19. The molecule has 1 atom stereocenters. The molecule has 140 valence electrons. The number of amides is 4. The van der Waals surface area contributed by atoms with Crippen LogP contribution in [0.25, 0.3) is 0 Å². The Labute approximate surface area is 162 Å². The average molecular weight is 386 g/mol. The molecule has 1 aliphatic rings. The van der Waals surface area contributed by atoms with Crippen molar-refractivity contribution in [1.29, 1.82) is 0 Å². The van der Waals surface area contributed by atoms with E-state index in [-0.39, 0.29) is 6.54 Å². The number of aryl methyl sites for hydroxylation is 1. The molecule has 0 aromatic heterocycles. The van der Waals surface area contributed by atoms with Gasteiger partial charge in [0.1, 0.15) is 12.1 Å². The third-order valence-electron chi connectivity index (χ3n) is 4.74. The fourth-order valence-electron chi connectivity index (χ4n) is 3.23. The number of carbonyl (C=O) groups excluding carboxylic acids is 3. The standard InChI is InChI=1S/C20H20ClN3O3/c1-3-20(14-7-5-4-6-8-14)18(26)24(19(27)23-20)12-17(25)22-16-10-9-15(21)11-13(16)2/h4-11H,3,12H2,1-2H3,(H,22,25)(H,23,27)/t20-/m1/s1. The second kappa shape index (κ2) is 7.40. The summed E-state index contributed by atoms with van der Waals surface area (Å²) in [6.45, 7) is 3.28. The van der Waals surface area contributed by atoms with Crippen molar-refractivity contribution in [3.8, 4) is 0 Å². The van der Waals surface area contributed by atoms with E-state index in [1.807, 2.05) is 32.0 Å². The Morgan fingerprint density at radius 2 is 1.89 bits per heavy atom. The highest BCUT2D eigenvalue weighted by Crippen LogP contribution is 2.32. The molecule has 27 heavy (non-hydrogen) atoms. The number of benzene rings is 2. The number of carbonyl (C=O) groups is 3.